The number of piperidine rings is 1. The number of hydrogen-bond acceptors (Lipinski definition) is 5. The number of carbonyl (C=O) groups is 1. The molecule has 1 aliphatic carbocycles. The number of hydrogen-bond donors (Lipinski definition) is 2. The van der Waals surface area contributed by atoms with Crippen LogP contribution < -0.4 is 16.2 Å². The molecule has 1 aromatic heterocycles. The van der Waals surface area contributed by atoms with E-state index < -0.39 is 16.1 Å². The summed E-state index contributed by atoms with van der Waals surface area (Å²) < 4.78 is 7.67. The number of pyridine rings is 1. The lowest BCUT2D eigenvalue weighted by molar-refractivity contribution is -0.124. The molecule has 7 nitrogen and oxygen atoms in total. The summed E-state index contributed by atoms with van der Waals surface area (Å²) in [6.07, 6.45) is 10.4. The summed E-state index contributed by atoms with van der Waals surface area (Å²) in [4.78, 5) is 26.3. The Kier molecular flexibility index (Phi) is 7.30. The smallest absolute Gasteiger partial charge is 0.260 e. The zero-order valence-corrected chi connectivity index (χ0v) is 22.6. The largest absolute Gasteiger partial charge is 0.360 e. The van der Waals surface area contributed by atoms with E-state index in [1.165, 1.54) is 0 Å². The molecular weight excluding hydrogens is 484 g/mol. The fourth-order valence-electron chi connectivity index (χ4n) is 5.68. The SMILES string of the molecule is CS(C)(C)CCOCn1c(=O)c2ccccc2c2ccc(CC(C#N)NC(=O)[C@H]3N[C@@H]4CC[C@H]3C4)cc21. The van der Waals surface area contributed by atoms with E-state index in [2.05, 4.69) is 35.5 Å². The van der Waals surface area contributed by atoms with Crippen LogP contribution in [0.4, 0.5) is 0 Å². The van der Waals surface area contributed by atoms with Crippen molar-refractivity contribution in [2.24, 2.45) is 5.92 Å². The monoisotopic (exact) mass is 520 g/mol. The number of nitriles is 1. The fraction of sp³-hybridized carbons (Fsp3) is 0.483. The molecule has 2 fully saturated rings. The molecule has 2 heterocycles. The van der Waals surface area contributed by atoms with E-state index in [0.29, 0.717) is 30.4 Å². The first-order valence-electron chi connectivity index (χ1n) is 13.0. The Bertz CT molecular complexity index is 1420. The number of nitrogens with one attached hydrogen (secondary N) is 2. The lowest BCUT2D eigenvalue weighted by Gasteiger charge is -2.25. The Morgan fingerprint density at radius 2 is 1.97 bits per heavy atom. The first kappa shape index (κ1) is 25.8. The second kappa shape index (κ2) is 10.5. The van der Waals surface area contributed by atoms with Crippen molar-refractivity contribution in [1.29, 1.82) is 5.26 Å². The molecule has 1 amide bonds. The van der Waals surface area contributed by atoms with Crippen LogP contribution in [0.15, 0.2) is 47.3 Å². The number of rotatable bonds is 9. The van der Waals surface area contributed by atoms with Gasteiger partial charge in [-0.1, -0.05) is 30.3 Å². The van der Waals surface area contributed by atoms with Crippen LogP contribution in [0, 0.1) is 17.2 Å². The summed E-state index contributed by atoms with van der Waals surface area (Å²) in [5.41, 5.74) is 1.58. The minimum atomic E-state index is -0.690. The van der Waals surface area contributed by atoms with E-state index in [1.807, 2.05) is 42.5 Å². The molecule has 1 aliphatic heterocycles. The number of benzene rings is 2. The molecule has 2 bridgehead atoms. The van der Waals surface area contributed by atoms with Crippen LogP contribution >= 0.6 is 10.0 Å². The second-order valence-electron chi connectivity index (χ2n) is 11.3. The standard InChI is InChI=1S/C29H36N4O3S/c1-37(2,3)13-12-36-18-33-26-15-19(8-11-24(26)23-6-4-5-7-25(23)29(33)35)14-22(17-30)32-28(34)27-20-9-10-21(16-20)31-27/h4-8,11,15,20-22,27,31H,9-10,12-14,16,18H2,1-3H3,(H,32,34)/t20-,21+,22?,27-/m0/s1. The van der Waals surface area contributed by atoms with Crippen LogP contribution in [0.2, 0.25) is 0 Å². The number of amides is 1. The van der Waals surface area contributed by atoms with Crippen LogP contribution in [0.3, 0.4) is 0 Å². The van der Waals surface area contributed by atoms with Crippen LogP contribution in [-0.4, -0.2) is 59.7 Å². The molecule has 1 unspecified atom stereocenters. The maximum Gasteiger partial charge on any atom is 0.260 e. The molecule has 8 heteroatoms. The van der Waals surface area contributed by atoms with Gasteiger partial charge in [-0.3, -0.25) is 14.2 Å². The third-order valence-electron chi connectivity index (χ3n) is 7.66. The van der Waals surface area contributed by atoms with Gasteiger partial charge < -0.3 is 15.4 Å². The van der Waals surface area contributed by atoms with Crippen molar-refractivity contribution in [3.63, 3.8) is 0 Å². The van der Waals surface area contributed by atoms with Crippen molar-refractivity contribution in [2.45, 2.75) is 50.5 Å². The first-order chi connectivity index (χ1) is 17.7. The summed E-state index contributed by atoms with van der Waals surface area (Å²) in [5.74, 6) is 1.25. The number of nitrogens with zero attached hydrogens (tertiary/aromatic N) is 2. The van der Waals surface area contributed by atoms with Gasteiger partial charge in [0, 0.05) is 29.0 Å². The summed E-state index contributed by atoms with van der Waals surface area (Å²) in [6, 6.07) is 15.4. The minimum Gasteiger partial charge on any atom is -0.360 e. The van der Waals surface area contributed by atoms with Crippen LogP contribution in [0.25, 0.3) is 21.7 Å². The van der Waals surface area contributed by atoms with Crippen molar-refractivity contribution in [3.05, 3.63) is 58.4 Å². The highest BCUT2D eigenvalue weighted by Gasteiger charge is 2.43. The number of carbonyl (C=O) groups excluding carboxylic acids is 1. The van der Waals surface area contributed by atoms with Gasteiger partial charge in [-0.2, -0.15) is 5.26 Å². The van der Waals surface area contributed by atoms with E-state index in [0.717, 1.165) is 46.9 Å². The predicted octanol–water partition coefficient (Wildman–Crippen LogP) is 3.51. The number of fused-ring (bicyclic) bond motifs is 5. The molecule has 37 heavy (non-hydrogen) atoms. The second-order valence-corrected chi connectivity index (χ2v) is 15.9. The van der Waals surface area contributed by atoms with Crippen molar-refractivity contribution in [2.75, 3.05) is 31.1 Å². The molecule has 2 N–H and O–H groups in total. The Labute approximate surface area is 219 Å². The van der Waals surface area contributed by atoms with Gasteiger partial charge in [0.15, 0.2) is 0 Å². The van der Waals surface area contributed by atoms with E-state index in [4.69, 9.17) is 4.74 Å². The lowest BCUT2D eigenvalue weighted by atomic mass is 9.98. The molecule has 1 saturated carbocycles. The summed E-state index contributed by atoms with van der Waals surface area (Å²) in [5, 5.41) is 18.7. The van der Waals surface area contributed by atoms with Crippen molar-refractivity contribution < 1.29 is 9.53 Å². The van der Waals surface area contributed by atoms with Gasteiger partial charge in [0.2, 0.25) is 5.91 Å². The Hall–Kier alpha value is -2.86. The van der Waals surface area contributed by atoms with Gasteiger partial charge >= 0.3 is 0 Å². The molecule has 3 aromatic rings. The first-order valence-corrected chi connectivity index (χ1v) is 16.0. The Balaban J connectivity index is 1.40. The van der Waals surface area contributed by atoms with Gasteiger partial charge in [0.1, 0.15) is 12.8 Å². The number of ether oxygens (including phenoxy) is 1. The average Bonchev–Trinajstić information content (AvgIpc) is 3.51. The van der Waals surface area contributed by atoms with Gasteiger partial charge in [0.05, 0.1) is 24.2 Å². The van der Waals surface area contributed by atoms with Crippen LogP contribution in [0.1, 0.15) is 24.8 Å². The van der Waals surface area contributed by atoms with Gasteiger partial charge in [-0.05, 0) is 67.0 Å². The molecule has 2 aliphatic rings. The normalized spacial score (nSPS) is 22.3. The third-order valence-corrected chi connectivity index (χ3v) is 9.05. The highest BCUT2D eigenvalue weighted by atomic mass is 32.3. The van der Waals surface area contributed by atoms with E-state index >= 15 is 0 Å². The Morgan fingerprint density at radius 3 is 2.65 bits per heavy atom. The molecule has 0 spiro atoms. The van der Waals surface area contributed by atoms with E-state index in [-0.39, 0.29) is 24.2 Å². The predicted molar refractivity (Wildman–Crippen MR) is 151 cm³/mol. The third kappa shape index (κ3) is 5.54. The van der Waals surface area contributed by atoms with Crippen molar-refractivity contribution in [3.8, 4) is 6.07 Å². The van der Waals surface area contributed by atoms with Crippen molar-refractivity contribution >= 4 is 37.6 Å². The quantitative estimate of drug-likeness (QED) is 0.333. The lowest BCUT2D eigenvalue weighted by Crippen LogP contribution is -2.50. The van der Waals surface area contributed by atoms with Gasteiger partial charge in [0.25, 0.3) is 5.56 Å². The maximum atomic E-state index is 13.5. The molecule has 5 rings (SSSR count). The Morgan fingerprint density at radius 1 is 1.19 bits per heavy atom. The van der Waals surface area contributed by atoms with Gasteiger partial charge in [-0.15, -0.1) is 0 Å². The van der Waals surface area contributed by atoms with Gasteiger partial charge in [-0.25, -0.2) is 10.0 Å². The summed E-state index contributed by atoms with van der Waals surface area (Å²) >= 11 is 0. The summed E-state index contributed by atoms with van der Waals surface area (Å²) in [7, 11) is -0.690. The molecule has 1 saturated heterocycles. The molecule has 4 atom stereocenters. The zero-order valence-electron chi connectivity index (χ0n) is 21.8. The molecule has 0 radical (unpaired) electrons. The highest BCUT2D eigenvalue weighted by molar-refractivity contribution is 8.32. The average molecular weight is 521 g/mol. The van der Waals surface area contributed by atoms with E-state index in [9.17, 15) is 14.9 Å². The maximum absolute atomic E-state index is 13.5. The zero-order chi connectivity index (χ0) is 26.2. The van der Waals surface area contributed by atoms with Crippen LogP contribution in [-0.2, 0) is 22.7 Å². The van der Waals surface area contributed by atoms with E-state index in [1.54, 1.807) is 4.57 Å². The molecular formula is C29H36N4O3S. The minimum absolute atomic E-state index is 0.0863. The highest BCUT2D eigenvalue weighted by Crippen LogP contribution is 2.35. The van der Waals surface area contributed by atoms with Crippen molar-refractivity contribution in [1.82, 2.24) is 15.2 Å². The summed E-state index contributed by atoms with van der Waals surface area (Å²) in [6.45, 7) is 0.770. The molecule has 2 aromatic carbocycles. The fourth-order valence-corrected chi connectivity index (χ4v) is 6.30. The molecule has 196 valence electrons. The van der Waals surface area contributed by atoms with Crippen LogP contribution in [0.5, 0.6) is 0 Å². The topological polar surface area (TPSA) is 96.2 Å². The number of aromatic nitrogens is 1.